The SMILES string of the molecule is CC1CCN(S(=O)(=O)c2ccc3c(c2)OC[C@H](C(=O)N2CCCCC2)O3)CC1. The fraction of sp³-hybridized carbons (Fsp3) is 0.650. The molecule has 7 nitrogen and oxygen atoms in total. The highest BCUT2D eigenvalue weighted by molar-refractivity contribution is 7.89. The Hall–Kier alpha value is -1.80. The van der Waals surface area contributed by atoms with Gasteiger partial charge in [-0.25, -0.2) is 8.42 Å². The normalized spacial score (nSPS) is 24.2. The van der Waals surface area contributed by atoms with Gasteiger partial charge in [0.05, 0.1) is 4.90 Å². The van der Waals surface area contributed by atoms with Gasteiger partial charge in [-0.2, -0.15) is 4.31 Å². The molecule has 0 radical (unpaired) electrons. The smallest absolute Gasteiger partial charge is 0.267 e. The van der Waals surface area contributed by atoms with Crippen molar-refractivity contribution in [2.75, 3.05) is 32.8 Å². The fourth-order valence-electron chi connectivity index (χ4n) is 4.03. The molecule has 1 amide bonds. The van der Waals surface area contributed by atoms with Crippen LogP contribution in [0.3, 0.4) is 0 Å². The minimum atomic E-state index is -3.54. The maximum atomic E-state index is 12.9. The van der Waals surface area contributed by atoms with Crippen LogP contribution in [0.2, 0.25) is 0 Å². The summed E-state index contributed by atoms with van der Waals surface area (Å²) in [4.78, 5) is 14.7. The lowest BCUT2D eigenvalue weighted by atomic mass is 10.0. The van der Waals surface area contributed by atoms with E-state index >= 15 is 0 Å². The Morgan fingerprint density at radius 3 is 2.46 bits per heavy atom. The van der Waals surface area contributed by atoms with Crippen LogP contribution in [-0.4, -0.2) is 62.4 Å². The molecule has 1 aromatic rings. The molecule has 3 heterocycles. The highest BCUT2D eigenvalue weighted by Gasteiger charge is 2.34. The molecule has 2 fully saturated rings. The Labute approximate surface area is 166 Å². The van der Waals surface area contributed by atoms with Crippen LogP contribution >= 0.6 is 0 Å². The average Bonchev–Trinajstić information content (AvgIpc) is 2.73. The maximum absolute atomic E-state index is 12.9. The molecule has 28 heavy (non-hydrogen) atoms. The van der Waals surface area contributed by atoms with E-state index in [2.05, 4.69) is 6.92 Å². The molecule has 0 bridgehead atoms. The van der Waals surface area contributed by atoms with Crippen molar-refractivity contribution in [3.63, 3.8) is 0 Å². The highest BCUT2D eigenvalue weighted by Crippen LogP contribution is 2.35. The largest absolute Gasteiger partial charge is 0.485 e. The standard InChI is InChI=1S/C20H28N2O5S/c1-15-7-11-22(12-8-15)28(24,25)16-5-6-17-18(13-16)26-14-19(27-17)20(23)21-9-3-2-4-10-21/h5-6,13,15,19H,2-4,7-12,14H2,1H3/t19-/m1/s1. The summed E-state index contributed by atoms with van der Waals surface area (Å²) < 4.78 is 39.0. The first-order valence-corrected chi connectivity index (χ1v) is 11.6. The van der Waals surface area contributed by atoms with Gasteiger partial charge in [0.2, 0.25) is 16.1 Å². The Bertz CT molecular complexity index is 827. The van der Waals surface area contributed by atoms with Crippen molar-refractivity contribution < 1.29 is 22.7 Å². The third kappa shape index (κ3) is 3.85. The van der Waals surface area contributed by atoms with Crippen LogP contribution in [0.25, 0.3) is 0 Å². The van der Waals surface area contributed by atoms with Crippen molar-refractivity contribution in [1.82, 2.24) is 9.21 Å². The van der Waals surface area contributed by atoms with Crippen molar-refractivity contribution in [2.45, 2.75) is 50.0 Å². The number of fused-ring (bicyclic) bond motifs is 1. The molecular weight excluding hydrogens is 380 g/mol. The molecule has 3 aliphatic rings. The highest BCUT2D eigenvalue weighted by atomic mass is 32.2. The van der Waals surface area contributed by atoms with E-state index in [-0.39, 0.29) is 17.4 Å². The number of carbonyl (C=O) groups is 1. The van der Waals surface area contributed by atoms with E-state index in [1.54, 1.807) is 16.4 Å². The van der Waals surface area contributed by atoms with Crippen LogP contribution < -0.4 is 9.47 Å². The lowest BCUT2D eigenvalue weighted by Crippen LogP contribution is -2.48. The van der Waals surface area contributed by atoms with E-state index in [0.717, 1.165) is 45.2 Å². The van der Waals surface area contributed by atoms with Gasteiger partial charge in [-0.1, -0.05) is 6.92 Å². The monoisotopic (exact) mass is 408 g/mol. The van der Waals surface area contributed by atoms with E-state index in [1.165, 1.54) is 6.07 Å². The van der Waals surface area contributed by atoms with Gasteiger partial charge in [0.15, 0.2) is 11.5 Å². The quantitative estimate of drug-likeness (QED) is 0.767. The van der Waals surface area contributed by atoms with Crippen LogP contribution in [0.1, 0.15) is 39.0 Å². The molecule has 0 aromatic heterocycles. The molecule has 3 aliphatic heterocycles. The number of benzene rings is 1. The van der Waals surface area contributed by atoms with Gasteiger partial charge in [0.25, 0.3) is 5.91 Å². The minimum absolute atomic E-state index is 0.0514. The molecule has 0 N–H and O–H groups in total. The van der Waals surface area contributed by atoms with Gasteiger partial charge < -0.3 is 14.4 Å². The van der Waals surface area contributed by atoms with Gasteiger partial charge in [0.1, 0.15) is 6.61 Å². The Morgan fingerprint density at radius 2 is 1.75 bits per heavy atom. The van der Waals surface area contributed by atoms with Gasteiger partial charge in [-0.05, 0) is 50.2 Å². The van der Waals surface area contributed by atoms with Gasteiger partial charge >= 0.3 is 0 Å². The molecule has 4 rings (SSSR count). The third-order valence-electron chi connectivity index (χ3n) is 5.90. The van der Waals surface area contributed by atoms with Crippen molar-refractivity contribution in [3.05, 3.63) is 18.2 Å². The van der Waals surface area contributed by atoms with E-state index in [1.807, 2.05) is 4.90 Å². The second kappa shape index (κ2) is 7.91. The van der Waals surface area contributed by atoms with Crippen molar-refractivity contribution >= 4 is 15.9 Å². The summed E-state index contributed by atoms with van der Waals surface area (Å²) in [5.41, 5.74) is 0. The summed E-state index contributed by atoms with van der Waals surface area (Å²) in [6.07, 6.45) is 4.28. The number of rotatable bonds is 3. The zero-order valence-electron chi connectivity index (χ0n) is 16.3. The van der Waals surface area contributed by atoms with Gasteiger partial charge in [0, 0.05) is 32.2 Å². The summed E-state index contributed by atoms with van der Waals surface area (Å²) >= 11 is 0. The zero-order valence-corrected chi connectivity index (χ0v) is 17.1. The number of ether oxygens (including phenoxy) is 2. The first kappa shape index (κ1) is 19.5. The molecule has 0 spiro atoms. The first-order valence-electron chi connectivity index (χ1n) is 10.2. The van der Waals surface area contributed by atoms with E-state index in [4.69, 9.17) is 9.47 Å². The number of carbonyl (C=O) groups excluding carboxylic acids is 1. The van der Waals surface area contributed by atoms with Crippen LogP contribution in [-0.2, 0) is 14.8 Å². The van der Waals surface area contributed by atoms with Crippen LogP contribution in [0, 0.1) is 5.92 Å². The fourth-order valence-corrected chi connectivity index (χ4v) is 5.51. The number of hydrogen-bond acceptors (Lipinski definition) is 5. The number of piperidine rings is 2. The summed E-state index contributed by atoms with van der Waals surface area (Å²) in [6.45, 7) is 4.87. The maximum Gasteiger partial charge on any atom is 0.267 e. The third-order valence-corrected chi connectivity index (χ3v) is 7.79. The molecule has 2 saturated heterocycles. The zero-order chi connectivity index (χ0) is 19.7. The first-order chi connectivity index (χ1) is 13.4. The van der Waals surface area contributed by atoms with E-state index < -0.39 is 16.1 Å². The summed E-state index contributed by atoms with van der Waals surface area (Å²) in [5, 5.41) is 0. The lowest BCUT2D eigenvalue weighted by Gasteiger charge is -2.33. The minimum Gasteiger partial charge on any atom is -0.485 e. The van der Waals surface area contributed by atoms with Crippen molar-refractivity contribution in [1.29, 1.82) is 0 Å². The van der Waals surface area contributed by atoms with Gasteiger partial charge in [-0.3, -0.25) is 4.79 Å². The number of hydrogen-bond donors (Lipinski definition) is 0. The van der Waals surface area contributed by atoms with E-state index in [9.17, 15) is 13.2 Å². The molecular formula is C20H28N2O5S. The van der Waals surface area contributed by atoms with Crippen LogP contribution in [0.5, 0.6) is 11.5 Å². The summed E-state index contributed by atoms with van der Waals surface area (Å²) in [6, 6.07) is 4.66. The average molecular weight is 409 g/mol. The number of likely N-dealkylation sites (tertiary alicyclic amines) is 1. The number of nitrogens with zero attached hydrogens (tertiary/aromatic N) is 2. The van der Waals surface area contributed by atoms with Crippen LogP contribution in [0.4, 0.5) is 0 Å². The number of sulfonamides is 1. The molecule has 0 aliphatic carbocycles. The van der Waals surface area contributed by atoms with E-state index in [0.29, 0.717) is 30.5 Å². The topological polar surface area (TPSA) is 76.2 Å². The number of amides is 1. The Morgan fingerprint density at radius 1 is 1.04 bits per heavy atom. The second-order valence-corrected chi connectivity index (χ2v) is 9.94. The van der Waals surface area contributed by atoms with Crippen molar-refractivity contribution in [3.8, 4) is 11.5 Å². The molecule has 0 unspecified atom stereocenters. The van der Waals surface area contributed by atoms with Gasteiger partial charge in [-0.15, -0.1) is 0 Å². The molecule has 8 heteroatoms. The molecule has 154 valence electrons. The van der Waals surface area contributed by atoms with Crippen molar-refractivity contribution in [2.24, 2.45) is 5.92 Å². The molecule has 1 atom stereocenters. The second-order valence-electron chi connectivity index (χ2n) is 8.00. The summed E-state index contributed by atoms with van der Waals surface area (Å²) in [7, 11) is -3.54. The van der Waals surface area contributed by atoms with Crippen LogP contribution in [0.15, 0.2) is 23.1 Å². The predicted octanol–water partition coefficient (Wildman–Crippen LogP) is 2.26. The Kier molecular flexibility index (Phi) is 5.51. The predicted molar refractivity (Wildman–Crippen MR) is 104 cm³/mol. The summed E-state index contributed by atoms with van der Waals surface area (Å²) in [5.74, 6) is 1.31. The lowest BCUT2D eigenvalue weighted by molar-refractivity contribution is -0.142. The Balaban J connectivity index is 1.47. The molecule has 1 aromatic carbocycles. The molecule has 0 saturated carbocycles.